The molecule has 1 heterocycles. The first-order valence-corrected chi connectivity index (χ1v) is 8.45. The van der Waals surface area contributed by atoms with Crippen LogP contribution < -0.4 is 10.1 Å². The Hall–Kier alpha value is -0.730. The van der Waals surface area contributed by atoms with Gasteiger partial charge in [0.25, 0.3) is 0 Å². The van der Waals surface area contributed by atoms with E-state index >= 15 is 0 Å². The van der Waals surface area contributed by atoms with Crippen LogP contribution in [-0.4, -0.2) is 12.1 Å². The Bertz CT molecular complexity index is 500. The number of fused-ring (bicyclic) bond motifs is 1. The Morgan fingerprint density at radius 3 is 2.76 bits per heavy atom. The molecule has 0 bridgehead atoms. The number of hydrogen-bond donors (Lipinski definition) is 1. The molecule has 0 saturated heterocycles. The molecule has 1 N–H and O–H groups in total. The molecule has 2 unspecified atom stereocenters. The lowest BCUT2D eigenvalue weighted by Gasteiger charge is -2.40. The van der Waals surface area contributed by atoms with Gasteiger partial charge in [-0.3, -0.25) is 0 Å². The lowest BCUT2D eigenvalue weighted by atomic mass is 9.86. The molecule has 0 aliphatic carbocycles. The molecular weight excluding hydrogens is 282 g/mol. The van der Waals surface area contributed by atoms with Crippen molar-refractivity contribution in [3.05, 3.63) is 28.3 Å². The fourth-order valence-corrected chi connectivity index (χ4v) is 3.00. The minimum Gasteiger partial charge on any atom is -0.487 e. The maximum atomic E-state index is 6.32. The van der Waals surface area contributed by atoms with Crippen LogP contribution in [0.3, 0.4) is 0 Å². The second-order valence-corrected chi connectivity index (χ2v) is 7.35. The van der Waals surface area contributed by atoms with Gasteiger partial charge in [-0.2, -0.15) is 0 Å². The zero-order valence-electron chi connectivity index (χ0n) is 13.9. The van der Waals surface area contributed by atoms with E-state index in [0.717, 1.165) is 41.6 Å². The number of aryl methyl sites for hydroxylation is 1. The second kappa shape index (κ2) is 6.58. The topological polar surface area (TPSA) is 21.3 Å². The first-order chi connectivity index (χ1) is 9.84. The predicted molar refractivity (Wildman–Crippen MR) is 90.3 cm³/mol. The van der Waals surface area contributed by atoms with Crippen molar-refractivity contribution >= 4 is 11.6 Å². The summed E-state index contributed by atoms with van der Waals surface area (Å²) in [4.78, 5) is 0. The number of halogens is 1. The number of ether oxygens (including phenoxy) is 1. The van der Waals surface area contributed by atoms with Crippen molar-refractivity contribution in [3.63, 3.8) is 0 Å². The zero-order chi connectivity index (χ0) is 15.6. The Kier molecular flexibility index (Phi) is 5.21. The van der Waals surface area contributed by atoms with Crippen LogP contribution in [0.15, 0.2) is 12.1 Å². The van der Waals surface area contributed by atoms with Gasteiger partial charge in [0.15, 0.2) is 0 Å². The first kappa shape index (κ1) is 16.6. The Morgan fingerprint density at radius 2 is 2.14 bits per heavy atom. The third-order valence-electron chi connectivity index (χ3n) is 4.52. The third-order valence-corrected chi connectivity index (χ3v) is 4.93. The van der Waals surface area contributed by atoms with Gasteiger partial charge in [0, 0.05) is 23.0 Å². The molecule has 2 atom stereocenters. The molecule has 0 aromatic heterocycles. The van der Waals surface area contributed by atoms with Crippen LogP contribution in [-0.2, 0) is 0 Å². The van der Waals surface area contributed by atoms with E-state index < -0.39 is 0 Å². The van der Waals surface area contributed by atoms with Crippen molar-refractivity contribution in [3.8, 4) is 5.75 Å². The summed E-state index contributed by atoms with van der Waals surface area (Å²) in [5.41, 5.74) is 2.19. The molecule has 2 nitrogen and oxygen atoms in total. The predicted octanol–water partition coefficient (Wildman–Crippen LogP) is 5.28. The molecule has 0 fully saturated rings. The smallest absolute Gasteiger partial charge is 0.125 e. The van der Waals surface area contributed by atoms with Crippen molar-refractivity contribution in [2.75, 3.05) is 6.54 Å². The summed E-state index contributed by atoms with van der Waals surface area (Å²) in [6.45, 7) is 12.0. The number of benzene rings is 1. The van der Waals surface area contributed by atoms with Crippen LogP contribution in [0, 0.1) is 12.8 Å². The van der Waals surface area contributed by atoms with E-state index in [1.165, 1.54) is 12.0 Å². The van der Waals surface area contributed by atoms with Gasteiger partial charge in [-0.15, -0.1) is 0 Å². The maximum Gasteiger partial charge on any atom is 0.125 e. The maximum absolute atomic E-state index is 6.32. The van der Waals surface area contributed by atoms with Crippen LogP contribution in [0.5, 0.6) is 5.75 Å². The van der Waals surface area contributed by atoms with E-state index in [2.05, 4.69) is 45.1 Å². The monoisotopic (exact) mass is 309 g/mol. The summed E-state index contributed by atoms with van der Waals surface area (Å²) < 4.78 is 6.26. The molecule has 0 saturated carbocycles. The van der Waals surface area contributed by atoms with Crippen molar-refractivity contribution in [1.29, 1.82) is 0 Å². The van der Waals surface area contributed by atoms with Gasteiger partial charge >= 0.3 is 0 Å². The van der Waals surface area contributed by atoms with Gasteiger partial charge in [-0.1, -0.05) is 32.4 Å². The highest BCUT2D eigenvalue weighted by Crippen LogP contribution is 2.43. The fourth-order valence-electron chi connectivity index (χ4n) is 2.82. The highest BCUT2D eigenvalue weighted by molar-refractivity contribution is 6.31. The van der Waals surface area contributed by atoms with E-state index in [9.17, 15) is 0 Å². The van der Waals surface area contributed by atoms with Crippen molar-refractivity contribution < 1.29 is 4.74 Å². The standard InChI is InChI=1S/C18H28ClNO/c1-6-18(5)11-16(20-8-7-12(2)3)14-10-15(19)13(4)9-17(14)21-18/h9-10,12,16,20H,6-8,11H2,1-5H3. The van der Waals surface area contributed by atoms with E-state index in [1.54, 1.807) is 0 Å². The summed E-state index contributed by atoms with van der Waals surface area (Å²) in [6.07, 6.45) is 3.19. The van der Waals surface area contributed by atoms with Gasteiger partial charge in [0.1, 0.15) is 11.4 Å². The van der Waals surface area contributed by atoms with E-state index in [1.807, 2.05) is 6.92 Å². The third kappa shape index (κ3) is 3.92. The Morgan fingerprint density at radius 1 is 1.43 bits per heavy atom. The highest BCUT2D eigenvalue weighted by atomic mass is 35.5. The molecule has 1 aliphatic rings. The number of rotatable bonds is 5. The van der Waals surface area contributed by atoms with Crippen LogP contribution >= 0.6 is 11.6 Å². The van der Waals surface area contributed by atoms with E-state index in [-0.39, 0.29) is 5.60 Å². The van der Waals surface area contributed by atoms with Crippen LogP contribution in [0.4, 0.5) is 0 Å². The Balaban J connectivity index is 2.25. The van der Waals surface area contributed by atoms with Gasteiger partial charge in [0.2, 0.25) is 0 Å². The lowest BCUT2D eigenvalue weighted by Crippen LogP contribution is -2.41. The van der Waals surface area contributed by atoms with E-state index in [0.29, 0.717) is 6.04 Å². The van der Waals surface area contributed by atoms with Crippen LogP contribution in [0.2, 0.25) is 5.02 Å². The normalized spacial score (nSPS) is 24.8. The fraction of sp³-hybridized carbons (Fsp3) is 0.667. The van der Waals surface area contributed by atoms with Crippen molar-refractivity contribution in [2.24, 2.45) is 5.92 Å². The summed E-state index contributed by atoms with van der Waals surface area (Å²) >= 11 is 6.32. The summed E-state index contributed by atoms with van der Waals surface area (Å²) in [7, 11) is 0. The SMILES string of the molecule is CCC1(C)CC(NCCC(C)C)c2cc(Cl)c(C)cc2O1. The lowest BCUT2D eigenvalue weighted by molar-refractivity contribution is 0.0440. The molecule has 118 valence electrons. The number of nitrogens with one attached hydrogen (secondary N) is 1. The van der Waals surface area contributed by atoms with E-state index in [4.69, 9.17) is 16.3 Å². The second-order valence-electron chi connectivity index (χ2n) is 6.94. The zero-order valence-corrected chi connectivity index (χ0v) is 14.7. The van der Waals surface area contributed by atoms with Gasteiger partial charge in [-0.25, -0.2) is 0 Å². The van der Waals surface area contributed by atoms with Crippen LogP contribution in [0.25, 0.3) is 0 Å². The summed E-state index contributed by atoms with van der Waals surface area (Å²) in [6, 6.07) is 4.49. The molecule has 0 amide bonds. The summed E-state index contributed by atoms with van der Waals surface area (Å²) in [5, 5.41) is 4.53. The quantitative estimate of drug-likeness (QED) is 0.799. The molecule has 2 rings (SSSR count). The minimum atomic E-state index is -0.0945. The molecular formula is C18H28ClNO. The minimum absolute atomic E-state index is 0.0945. The van der Waals surface area contributed by atoms with Crippen molar-refractivity contribution in [2.45, 2.75) is 65.5 Å². The van der Waals surface area contributed by atoms with Gasteiger partial charge in [0.05, 0.1) is 0 Å². The first-order valence-electron chi connectivity index (χ1n) is 8.07. The average Bonchev–Trinajstić information content (AvgIpc) is 2.40. The molecule has 1 aromatic carbocycles. The van der Waals surface area contributed by atoms with Gasteiger partial charge in [-0.05, 0) is 56.8 Å². The van der Waals surface area contributed by atoms with Crippen LogP contribution in [0.1, 0.15) is 64.1 Å². The Labute approximate surface area is 134 Å². The molecule has 1 aromatic rings. The molecule has 0 spiro atoms. The summed E-state index contributed by atoms with van der Waals surface area (Å²) in [5.74, 6) is 1.71. The van der Waals surface area contributed by atoms with Crippen molar-refractivity contribution in [1.82, 2.24) is 5.32 Å². The molecule has 21 heavy (non-hydrogen) atoms. The highest BCUT2D eigenvalue weighted by Gasteiger charge is 2.36. The van der Waals surface area contributed by atoms with Gasteiger partial charge < -0.3 is 10.1 Å². The molecule has 1 aliphatic heterocycles. The largest absolute Gasteiger partial charge is 0.487 e. The average molecular weight is 310 g/mol. The molecule has 3 heteroatoms. The number of hydrogen-bond acceptors (Lipinski definition) is 2. The molecule has 0 radical (unpaired) electrons.